The van der Waals surface area contributed by atoms with Crippen molar-refractivity contribution < 1.29 is 4.79 Å². The molecule has 0 unspecified atom stereocenters. The van der Waals surface area contributed by atoms with E-state index in [0.717, 1.165) is 35.8 Å². The zero-order chi connectivity index (χ0) is 19.5. The number of hydrogen-bond acceptors (Lipinski definition) is 4. The minimum absolute atomic E-state index is 0.132. The molecule has 28 heavy (non-hydrogen) atoms. The van der Waals surface area contributed by atoms with Crippen LogP contribution in [0, 0.1) is 0 Å². The van der Waals surface area contributed by atoms with E-state index in [-0.39, 0.29) is 30.6 Å². The second kappa shape index (κ2) is 7.80. The lowest BCUT2D eigenvalue weighted by molar-refractivity contribution is -0.122. The molecule has 0 aliphatic heterocycles. The molecule has 1 aliphatic rings. The summed E-state index contributed by atoms with van der Waals surface area (Å²) in [4.78, 5) is 42.7. The summed E-state index contributed by atoms with van der Waals surface area (Å²) in [5.41, 5.74) is 0.446. The molecule has 1 amide bonds. The van der Waals surface area contributed by atoms with Gasteiger partial charge in [-0.05, 0) is 30.5 Å². The van der Waals surface area contributed by atoms with Crippen LogP contribution in [0.25, 0.3) is 11.0 Å². The first kappa shape index (κ1) is 18.2. The van der Waals surface area contributed by atoms with Crippen LogP contribution in [-0.4, -0.2) is 26.1 Å². The Labute approximate surface area is 161 Å². The van der Waals surface area contributed by atoms with Gasteiger partial charge in [0.2, 0.25) is 5.91 Å². The Morgan fingerprint density at radius 2 is 1.79 bits per heavy atom. The van der Waals surface area contributed by atoms with Crippen LogP contribution in [0.5, 0.6) is 0 Å². The van der Waals surface area contributed by atoms with Crippen LogP contribution in [-0.2, 0) is 17.9 Å². The van der Waals surface area contributed by atoms with E-state index in [9.17, 15) is 14.4 Å². The summed E-state index contributed by atoms with van der Waals surface area (Å²) in [6.07, 6.45) is 5.68. The normalized spacial score (nSPS) is 14.4. The quantitative estimate of drug-likeness (QED) is 0.732. The van der Waals surface area contributed by atoms with Crippen molar-refractivity contribution in [3.8, 4) is 0 Å². The highest BCUT2D eigenvalue weighted by atomic mass is 16.2. The molecule has 0 atom stereocenters. The fraction of sp³-hybridized carbons (Fsp3) is 0.333. The third kappa shape index (κ3) is 3.60. The van der Waals surface area contributed by atoms with Crippen LogP contribution in [0.4, 0.5) is 0 Å². The first-order valence-electron chi connectivity index (χ1n) is 9.55. The summed E-state index contributed by atoms with van der Waals surface area (Å²) < 4.78 is 2.49. The van der Waals surface area contributed by atoms with Gasteiger partial charge in [-0.1, -0.05) is 43.2 Å². The molecular weight excluding hydrogens is 356 g/mol. The van der Waals surface area contributed by atoms with E-state index in [0.29, 0.717) is 5.52 Å². The van der Waals surface area contributed by atoms with Crippen molar-refractivity contribution in [3.05, 3.63) is 75.1 Å². The number of rotatable bonds is 5. The number of carbonyl (C=O) groups is 1. The molecule has 0 radical (unpaired) electrons. The fourth-order valence-electron chi connectivity index (χ4n) is 3.79. The lowest BCUT2D eigenvalue weighted by atomic mass is 10.2. The maximum Gasteiger partial charge on any atom is 0.332 e. The van der Waals surface area contributed by atoms with Gasteiger partial charge in [0.15, 0.2) is 5.52 Å². The zero-order valence-electron chi connectivity index (χ0n) is 15.5. The summed E-state index contributed by atoms with van der Waals surface area (Å²) in [5, 5.41) is 3.00. The smallest absolute Gasteiger partial charge is 0.332 e. The van der Waals surface area contributed by atoms with E-state index in [1.165, 1.54) is 10.8 Å². The number of fused-ring (bicyclic) bond motifs is 1. The van der Waals surface area contributed by atoms with E-state index in [2.05, 4.69) is 10.3 Å². The van der Waals surface area contributed by atoms with E-state index in [4.69, 9.17) is 0 Å². The van der Waals surface area contributed by atoms with Gasteiger partial charge in [-0.3, -0.25) is 18.7 Å². The Hall–Kier alpha value is -3.22. The van der Waals surface area contributed by atoms with Crippen LogP contribution in [0.2, 0.25) is 0 Å². The second-order valence-electron chi connectivity index (χ2n) is 7.17. The Morgan fingerprint density at radius 3 is 2.54 bits per heavy atom. The maximum absolute atomic E-state index is 13.1. The van der Waals surface area contributed by atoms with E-state index in [1.54, 1.807) is 12.1 Å². The molecule has 3 aromatic rings. The average Bonchev–Trinajstić information content (AvgIpc) is 3.22. The molecule has 0 saturated heterocycles. The minimum atomic E-state index is -0.504. The van der Waals surface area contributed by atoms with Gasteiger partial charge in [-0.25, -0.2) is 9.78 Å². The SMILES string of the molecule is O=C(Cn1c(=O)n(Cc2ccccc2)c(=O)c2ncccc21)NC1CCCC1. The predicted molar refractivity (Wildman–Crippen MR) is 106 cm³/mol. The highest BCUT2D eigenvalue weighted by Gasteiger charge is 2.20. The average molecular weight is 378 g/mol. The highest BCUT2D eigenvalue weighted by Crippen LogP contribution is 2.17. The standard InChI is InChI=1S/C21H22N4O3/c26-18(23-16-9-4-5-10-16)14-24-17-11-6-12-22-19(17)20(27)25(21(24)28)13-15-7-2-1-3-8-15/h1-3,6-8,11-12,16H,4-5,9-10,13-14H2,(H,23,26). The van der Waals surface area contributed by atoms with Gasteiger partial charge >= 0.3 is 5.69 Å². The summed E-state index contributed by atoms with van der Waals surface area (Å²) in [6.45, 7) is 0.00185. The van der Waals surface area contributed by atoms with Gasteiger partial charge in [0.1, 0.15) is 6.54 Å². The number of nitrogens with zero attached hydrogens (tertiary/aromatic N) is 3. The van der Waals surface area contributed by atoms with Gasteiger partial charge < -0.3 is 5.32 Å². The molecule has 1 aliphatic carbocycles. The molecule has 1 fully saturated rings. The number of nitrogens with one attached hydrogen (secondary N) is 1. The fourth-order valence-corrected chi connectivity index (χ4v) is 3.79. The molecule has 0 spiro atoms. The van der Waals surface area contributed by atoms with Crippen molar-refractivity contribution in [1.29, 1.82) is 0 Å². The predicted octanol–water partition coefficient (Wildman–Crippen LogP) is 1.67. The summed E-state index contributed by atoms with van der Waals surface area (Å²) in [7, 11) is 0. The molecule has 1 N–H and O–H groups in total. The third-order valence-corrected chi connectivity index (χ3v) is 5.19. The molecule has 1 aromatic carbocycles. The van der Waals surface area contributed by atoms with Gasteiger partial charge in [-0.2, -0.15) is 0 Å². The number of hydrogen-bond donors (Lipinski definition) is 1. The van der Waals surface area contributed by atoms with Gasteiger partial charge in [0, 0.05) is 12.2 Å². The Bertz CT molecular complexity index is 1110. The molecule has 1 saturated carbocycles. The molecule has 2 aromatic heterocycles. The first-order chi connectivity index (χ1) is 13.6. The topological polar surface area (TPSA) is 86.0 Å². The number of carbonyl (C=O) groups excluding carboxylic acids is 1. The van der Waals surface area contributed by atoms with Crippen molar-refractivity contribution in [2.75, 3.05) is 0 Å². The van der Waals surface area contributed by atoms with Gasteiger partial charge in [0.05, 0.1) is 12.1 Å². The van der Waals surface area contributed by atoms with Crippen LogP contribution in [0.1, 0.15) is 31.2 Å². The zero-order valence-corrected chi connectivity index (χ0v) is 15.5. The molecule has 2 heterocycles. The van der Waals surface area contributed by atoms with Gasteiger partial charge in [0.25, 0.3) is 5.56 Å². The molecule has 7 heteroatoms. The van der Waals surface area contributed by atoms with Crippen LogP contribution < -0.4 is 16.6 Å². The van der Waals surface area contributed by atoms with Crippen LogP contribution in [0.15, 0.2) is 58.3 Å². The van der Waals surface area contributed by atoms with E-state index in [1.807, 2.05) is 30.3 Å². The third-order valence-electron chi connectivity index (χ3n) is 5.19. The molecule has 0 bridgehead atoms. The maximum atomic E-state index is 13.1. The van der Waals surface area contributed by atoms with Crippen molar-refractivity contribution in [2.45, 2.75) is 44.8 Å². The van der Waals surface area contributed by atoms with E-state index < -0.39 is 11.2 Å². The molecular formula is C21H22N4O3. The number of amides is 1. The molecule has 7 nitrogen and oxygen atoms in total. The van der Waals surface area contributed by atoms with Crippen LogP contribution >= 0.6 is 0 Å². The van der Waals surface area contributed by atoms with E-state index >= 15 is 0 Å². The molecule has 144 valence electrons. The largest absolute Gasteiger partial charge is 0.352 e. The Morgan fingerprint density at radius 1 is 1.04 bits per heavy atom. The van der Waals surface area contributed by atoms with Gasteiger partial charge in [-0.15, -0.1) is 0 Å². The van der Waals surface area contributed by atoms with Crippen molar-refractivity contribution >= 4 is 16.9 Å². The Kier molecular flexibility index (Phi) is 5.06. The lowest BCUT2D eigenvalue weighted by Crippen LogP contribution is -2.44. The second-order valence-corrected chi connectivity index (χ2v) is 7.17. The Balaban J connectivity index is 1.75. The highest BCUT2D eigenvalue weighted by molar-refractivity contribution is 5.79. The van der Waals surface area contributed by atoms with Crippen molar-refractivity contribution in [2.24, 2.45) is 0 Å². The number of pyridine rings is 1. The van der Waals surface area contributed by atoms with Crippen molar-refractivity contribution in [3.63, 3.8) is 0 Å². The number of aromatic nitrogens is 3. The van der Waals surface area contributed by atoms with Crippen molar-refractivity contribution in [1.82, 2.24) is 19.4 Å². The minimum Gasteiger partial charge on any atom is -0.352 e. The first-order valence-corrected chi connectivity index (χ1v) is 9.55. The summed E-state index contributed by atoms with van der Waals surface area (Å²) >= 11 is 0. The van der Waals surface area contributed by atoms with Crippen LogP contribution in [0.3, 0.4) is 0 Å². The lowest BCUT2D eigenvalue weighted by Gasteiger charge is -2.16. The number of benzene rings is 1. The summed E-state index contributed by atoms with van der Waals surface area (Å²) in [6, 6.07) is 12.8. The monoisotopic (exact) mass is 378 g/mol. The molecule has 4 rings (SSSR count). The summed E-state index contributed by atoms with van der Waals surface area (Å²) in [5.74, 6) is -0.218.